The molecule has 0 saturated carbocycles. The molecule has 4 heteroatoms. The van der Waals surface area contributed by atoms with Gasteiger partial charge in [0.25, 0.3) is 0 Å². The third kappa shape index (κ3) is 5.60. The Bertz CT molecular complexity index is 3460. The standard InChI is InChI=1S/C55H33N3S/c1-3-16-38-32-40(26-24-34(38)12-1)44-30-28-36-14-5-7-18-42(36)50(44)54-56-53(48-22-11-21-47-46-20-9-10-23-49(46)59-52(47)48)57-55(58-54)51-43-19-8-6-15-37(43)29-31-45(51)41-27-25-35-13-2-4-17-39(35)33-41/h1-33H. The van der Waals surface area contributed by atoms with Crippen molar-refractivity contribution in [1.82, 2.24) is 15.0 Å². The van der Waals surface area contributed by atoms with Gasteiger partial charge in [-0.15, -0.1) is 11.3 Å². The Morgan fingerprint density at radius 1 is 0.288 bits per heavy atom. The van der Waals surface area contributed by atoms with Crippen LogP contribution >= 0.6 is 11.3 Å². The lowest BCUT2D eigenvalue weighted by atomic mass is 9.91. The van der Waals surface area contributed by atoms with E-state index in [1.807, 2.05) is 0 Å². The van der Waals surface area contributed by atoms with Crippen molar-refractivity contribution in [2.24, 2.45) is 0 Å². The van der Waals surface area contributed by atoms with Crippen molar-refractivity contribution >= 4 is 74.6 Å². The van der Waals surface area contributed by atoms with E-state index in [2.05, 4.69) is 200 Å². The van der Waals surface area contributed by atoms with Crippen LogP contribution in [0.1, 0.15) is 0 Å². The molecule has 10 aromatic carbocycles. The lowest BCUT2D eigenvalue weighted by molar-refractivity contribution is 1.08. The van der Waals surface area contributed by atoms with Crippen LogP contribution in [0.2, 0.25) is 0 Å². The second-order valence-corrected chi connectivity index (χ2v) is 16.2. The zero-order valence-corrected chi connectivity index (χ0v) is 32.6. The number of hydrogen-bond donors (Lipinski definition) is 0. The lowest BCUT2D eigenvalue weighted by Crippen LogP contribution is -2.03. The van der Waals surface area contributed by atoms with Crippen LogP contribution in [0.15, 0.2) is 200 Å². The van der Waals surface area contributed by atoms with Crippen LogP contribution in [0.4, 0.5) is 0 Å². The zero-order chi connectivity index (χ0) is 38.9. The first-order chi connectivity index (χ1) is 29.2. The molecule has 0 N–H and O–H groups in total. The predicted molar refractivity (Wildman–Crippen MR) is 250 cm³/mol. The number of aromatic nitrogens is 3. The molecule has 0 aliphatic carbocycles. The largest absolute Gasteiger partial charge is 0.208 e. The van der Waals surface area contributed by atoms with Crippen molar-refractivity contribution in [1.29, 1.82) is 0 Å². The summed E-state index contributed by atoms with van der Waals surface area (Å²) >= 11 is 1.79. The molecule has 0 atom stereocenters. The quantitative estimate of drug-likeness (QED) is 0.175. The van der Waals surface area contributed by atoms with Gasteiger partial charge in [0.15, 0.2) is 17.5 Å². The minimum Gasteiger partial charge on any atom is -0.208 e. The molecular formula is C55H33N3S. The van der Waals surface area contributed by atoms with Crippen molar-refractivity contribution in [3.8, 4) is 56.4 Å². The van der Waals surface area contributed by atoms with Crippen LogP contribution in [-0.4, -0.2) is 15.0 Å². The molecule has 2 aromatic heterocycles. The average Bonchev–Trinajstić information content (AvgIpc) is 3.69. The van der Waals surface area contributed by atoms with Crippen LogP contribution in [0.25, 0.3) is 120 Å². The summed E-state index contributed by atoms with van der Waals surface area (Å²) in [6.45, 7) is 0. The fourth-order valence-electron chi connectivity index (χ4n) is 8.86. The highest BCUT2D eigenvalue weighted by molar-refractivity contribution is 7.26. The second kappa shape index (κ2) is 13.6. The Balaban J connectivity index is 1.20. The SMILES string of the molecule is c1ccc2cc(-c3ccc4ccccc4c3-c3nc(-c4c(-c5ccc6ccccc6c5)ccc5ccccc45)nc(-c4cccc5c4sc4ccccc45)n3)ccc2c1. The van der Waals surface area contributed by atoms with E-state index in [9.17, 15) is 0 Å². The van der Waals surface area contributed by atoms with Gasteiger partial charge in [0.05, 0.1) is 0 Å². The van der Waals surface area contributed by atoms with E-state index in [0.29, 0.717) is 17.5 Å². The van der Waals surface area contributed by atoms with Crippen LogP contribution in [0, 0.1) is 0 Å². The number of benzene rings is 10. The first-order valence-electron chi connectivity index (χ1n) is 19.9. The van der Waals surface area contributed by atoms with E-state index >= 15 is 0 Å². The summed E-state index contributed by atoms with van der Waals surface area (Å²) in [4.78, 5) is 16.7. The van der Waals surface area contributed by atoms with Crippen LogP contribution in [-0.2, 0) is 0 Å². The third-order valence-corrected chi connectivity index (χ3v) is 12.9. The van der Waals surface area contributed by atoms with Crippen LogP contribution < -0.4 is 0 Å². The topological polar surface area (TPSA) is 38.7 Å². The number of hydrogen-bond acceptors (Lipinski definition) is 4. The number of thiophene rings is 1. The molecular weight excluding hydrogens is 735 g/mol. The number of rotatable bonds is 5. The van der Waals surface area contributed by atoms with Gasteiger partial charge < -0.3 is 0 Å². The maximum absolute atomic E-state index is 5.60. The maximum Gasteiger partial charge on any atom is 0.165 e. The molecule has 0 saturated heterocycles. The van der Waals surface area contributed by atoms with E-state index < -0.39 is 0 Å². The van der Waals surface area contributed by atoms with Crippen molar-refractivity contribution in [2.75, 3.05) is 0 Å². The highest BCUT2D eigenvalue weighted by Crippen LogP contribution is 2.44. The highest BCUT2D eigenvalue weighted by atomic mass is 32.1. The van der Waals surface area contributed by atoms with Gasteiger partial charge in [0.1, 0.15) is 0 Å². The minimum atomic E-state index is 0.639. The Morgan fingerprint density at radius 3 is 1.31 bits per heavy atom. The van der Waals surface area contributed by atoms with Crippen LogP contribution in [0.3, 0.4) is 0 Å². The molecule has 0 bridgehead atoms. The summed E-state index contributed by atoms with van der Waals surface area (Å²) in [7, 11) is 0. The Kier molecular flexibility index (Phi) is 7.72. The summed E-state index contributed by atoms with van der Waals surface area (Å²) in [5.74, 6) is 1.93. The Labute approximate surface area is 344 Å². The molecule has 59 heavy (non-hydrogen) atoms. The average molecular weight is 768 g/mol. The molecule has 0 aliphatic heterocycles. The van der Waals surface area contributed by atoms with E-state index in [1.165, 1.54) is 37.0 Å². The van der Waals surface area contributed by atoms with Gasteiger partial charge in [0, 0.05) is 36.9 Å². The van der Waals surface area contributed by atoms with E-state index in [1.54, 1.807) is 11.3 Å². The van der Waals surface area contributed by atoms with Gasteiger partial charge in [-0.1, -0.05) is 176 Å². The van der Waals surface area contributed by atoms with Crippen molar-refractivity contribution < 1.29 is 0 Å². The molecule has 12 rings (SSSR count). The molecule has 0 aliphatic rings. The molecule has 2 heterocycles. The molecule has 12 aromatic rings. The van der Waals surface area contributed by atoms with Gasteiger partial charge in [-0.3, -0.25) is 0 Å². The van der Waals surface area contributed by atoms with Gasteiger partial charge in [-0.2, -0.15) is 0 Å². The fraction of sp³-hybridized carbons (Fsp3) is 0. The Morgan fingerprint density at radius 2 is 0.729 bits per heavy atom. The van der Waals surface area contributed by atoms with Crippen LogP contribution in [0.5, 0.6) is 0 Å². The van der Waals surface area contributed by atoms with Crippen molar-refractivity contribution in [2.45, 2.75) is 0 Å². The molecule has 0 amide bonds. The molecule has 0 spiro atoms. The van der Waals surface area contributed by atoms with Crippen molar-refractivity contribution in [3.05, 3.63) is 200 Å². The normalized spacial score (nSPS) is 11.7. The number of nitrogens with zero attached hydrogens (tertiary/aromatic N) is 3. The summed E-state index contributed by atoms with van der Waals surface area (Å²) < 4.78 is 2.40. The molecule has 0 radical (unpaired) electrons. The Hall–Kier alpha value is -7.53. The summed E-state index contributed by atoms with van der Waals surface area (Å²) in [6.07, 6.45) is 0. The van der Waals surface area contributed by atoms with Gasteiger partial charge in [0.2, 0.25) is 0 Å². The molecule has 274 valence electrons. The molecule has 3 nitrogen and oxygen atoms in total. The van der Waals surface area contributed by atoms with Gasteiger partial charge in [-0.05, 0) is 89.6 Å². The van der Waals surface area contributed by atoms with E-state index in [0.717, 1.165) is 65.2 Å². The summed E-state index contributed by atoms with van der Waals surface area (Å²) in [5, 5.41) is 11.7. The monoisotopic (exact) mass is 767 g/mol. The van der Waals surface area contributed by atoms with Crippen molar-refractivity contribution in [3.63, 3.8) is 0 Å². The maximum atomic E-state index is 5.60. The third-order valence-electron chi connectivity index (χ3n) is 11.7. The summed E-state index contributed by atoms with van der Waals surface area (Å²) in [6, 6.07) is 71.7. The smallest absolute Gasteiger partial charge is 0.165 e. The van der Waals surface area contributed by atoms with Gasteiger partial charge >= 0.3 is 0 Å². The second-order valence-electron chi connectivity index (χ2n) is 15.1. The zero-order valence-electron chi connectivity index (χ0n) is 31.8. The first kappa shape index (κ1) is 33.6. The summed E-state index contributed by atoms with van der Waals surface area (Å²) in [5.41, 5.74) is 7.34. The molecule has 0 fully saturated rings. The van der Waals surface area contributed by atoms with E-state index in [4.69, 9.17) is 15.0 Å². The van der Waals surface area contributed by atoms with Gasteiger partial charge in [-0.25, -0.2) is 15.0 Å². The fourth-order valence-corrected chi connectivity index (χ4v) is 10.1. The van der Waals surface area contributed by atoms with E-state index in [-0.39, 0.29) is 0 Å². The molecule has 0 unspecified atom stereocenters. The highest BCUT2D eigenvalue weighted by Gasteiger charge is 2.23. The first-order valence-corrected chi connectivity index (χ1v) is 20.7. The predicted octanol–water partition coefficient (Wildman–Crippen LogP) is 15.2. The lowest BCUT2D eigenvalue weighted by Gasteiger charge is -2.17. The number of fused-ring (bicyclic) bond motifs is 7. The minimum absolute atomic E-state index is 0.639.